The van der Waals surface area contributed by atoms with Gasteiger partial charge in [-0.2, -0.15) is 0 Å². The van der Waals surface area contributed by atoms with E-state index in [0.717, 1.165) is 36.8 Å². The number of thiophene rings is 1. The summed E-state index contributed by atoms with van der Waals surface area (Å²) in [5.41, 5.74) is 2.64. The topological polar surface area (TPSA) is 91.7 Å². The van der Waals surface area contributed by atoms with Gasteiger partial charge in [0.1, 0.15) is 5.76 Å². The van der Waals surface area contributed by atoms with Gasteiger partial charge in [0.05, 0.1) is 17.7 Å². The smallest absolute Gasteiger partial charge is 0.261 e. The second-order valence-electron chi connectivity index (χ2n) is 8.95. The van der Waals surface area contributed by atoms with E-state index < -0.39 is 11.9 Å². The maximum absolute atomic E-state index is 13.7. The van der Waals surface area contributed by atoms with Crippen molar-refractivity contribution in [2.45, 2.75) is 58.0 Å². The van der Waals surface area contributed by atoms with E-state index in [1.807, 2.05) is 32.0 Å². The highest BCUT2D eigenvalue weighted by Crippen LogP contribution is 2.30. The number of hydrogen-bond donors (Lipinski definition) is 2. The SMILES string of the molecule is Cc1ccc(N(C(=O)CNC(=O)c2cccs2)C(C(=O)NC2CCCCC2)c2ccco2)cc1C. The number of amides is 3. The summed E-state index contributed by atoms with van der Waals surface area (Å²) >= 11 is 1.30. The highest BCUT2D eigenvalue weighted by molar-refractivity contribution is 7.12. The molecule has 3 aromatic rings. The van der Waals surface area contributed by atoms with Gasteiger partial charge in [-0.3, -0.25) is 19.3 Å². The van der Waals surface area contributed by atoms with Crippen LogP contribution in [0.15, 0.2) is 58.5 Å². The molecule has 7 nitrogen and oxygen atoms in total. The van der Waals surface area contributed by atoms with Crippen LogP contribution in [0, 0.1) is 13.8 Å². The minimum absolute atomic E-state index is 0.0731. The lowest BCUT2D eigenvalue weighted by Gasteiger charge is -2.32. The van der Waals surface area contributed by atoms with Crippen molar-refractivity contribution in [1.29, 1.82) is 0 Å². The Bertz CT molecular complexity index is 1150. The zero-order valence-corrected chi connectivity index (χ0v) is 20.9. The first-order valence-electron chi connectivity index (χ1n) is 12.0. The maximum Gasteiger partial charge on any atom is 0.261 e. The standard InChI is InChI=1S/C27H31N3O4S/c1-18-12-13-21(16-19(18)2)30(24(31)17-28-26(32)23-11-7-15-35-23)25(22-10-6-14-34-22)27(33)29-20-8-4-3-5-9-20/h6-7,10-16,20,25H,3-5,8-9,17H2,1-2H3,(H,28,32)(H,29,33). The van der Waals surface area contributed by atoms with Gasteiger partial charge in [-0.05, 0) is 73.5 Å². The van der Waals surface area contributed by atoms with Gasteiger partial charge in [0.2, 0.25) is 5.91 Å². The van der Waals surface area contributed by atoms with Gasteiger partial charge in [-0.25, -0.2) is 0 Å². The van der Waals surface area contributed by atoms with Crippen LogP contribution in [0.2, 0.25) is 0 Å². The van der Waals surface area contributed by atoms with Crippen molar-refractivity contribution in [2.24, 2.45) is 0 Å². The van der Waals surface area contributed by atoms with Gasteiger partial charge in [0.25, 0.3) is 11.8 Å². The number of benzene rings is 1. The van der Waals surface area contributed by atoms with Gasteiger partial charge < -0.3 is 15.1 Å². The normalized spacial score (nSPS) is 14.8. The molecular weight excluding hydrogens is 462 g/mol. The van der Waals surface area contributed by atoms with Gasteiger partial charge in [-0.15, -0.1) is 11.3 Å². The number of carbonyl (C=O) groups is 3. The molecule has 8 heteroatoms. The van der Waals surface area contributed by atoms with E-state index in [0.29, 0.717) is 16.3 Å². The average molecular weight is 494 g/mol. The molecule has 184 valence electrons. The van der Waals surface area contributed by atoms with Crippen LogP contribution in [-0.2, 0) is 9.59 Å². The minimum Gasteiger partial charge on any atom is -0.467 e. The van der Waals surface area contributed by atoms with Crippen molar-refractivity contribution in [3.63, 3.8) is 0 Å². The fourth-order valence-electron chi connectivity index (χ4n) is 4.40. The zero-order chi connectivity index (χ0) is 24.8. The molecule has 0 radical (unpaired) electrons. The minimum atomic E-state index is -1.000. The Balaban J connectivity index is 1.65. The molecule has 3 amide bonds. The van der Waals surface area contributed by atoms with Crippen LogP contribution < -0.4 is 15.5 Å². The van der Waals surface area contributed by atoms with E-state index in [4.69, 9.17) is 4.42 Å². The molecule has 0 spiro atoms. The summed E-state index contributed by atoms with van der Waals surface area (Å²) in [5, 5.41) is 7.65. The van der Waals surface area contributed by atoms with Crippen LogP contribution in [-0.4, -0.2) is 30.3 Å². The molecular formula is C27H31N3O4S. The number of hydrogen-bond acceptors (Lipinski definition) is 5. The molecule has 1 saturated carbocycles. The van der Waals surface area contributed by atoms with Crippen molar-refractivity contribution in [2.75, 3.05) is 11.4 Å². The molecule has 2 aromatic heterocycles. The fourth-order valence-corrected chi connectivity index (χ4v) is 5.04. The number of nitrogens with one attached hydrogen (secondary N) is 2. The highest BCUT2D eigenvalue weighted by atomic mass is 32.1. The average Bonchev–Trinajstić information content (AvgIpc) is 3.58. The Kier molecular flexibility index (Phi) is 8.02. The third-order valence-corrected chi connectivity index (χ3v) is 7.32. The molecule has 0 aliphatic heterocycles. The Morgan fingerprint density at radius 1 is 1.06 bits per heavy atom. The van der Waals surface area contributed by atoms with Gasteiger partial charge in [0.15, 0.2) is 6.04 Å². The summed E-state index contributed by atoms with van der Waals surface area (Å²) in [5.74, 6) is -0.648. The number of aryl methyl sites for hydroxylation is 2. The van der Waals surface area contributed by atoms with Crippen LogP contribution in [0.25, 0.3) is 0 Å². The molecule has 2 heterocycles. The maximum atomic E-state index is 13.7. The number of anilines is 1. The summed E-state index contributed by atoms with van der Waals surface area (Å²) in [6.45, 7) is 3.70. The third kappa shape index (κ3) is 6.00. The van der Waals surface area contributed by atoms with Crippen molar-refractivity contribution in [3.8, 4) is 0 Å². The molecule has 1 aliphatic carbocycles. The van der Waals surface area contributed by atoms with Crippen LogP contribution >= 0.6 is 11.3 Å². The Hall–Kier alpha value is -3.39. The lowest BCUT2D eigenvalue weighted by Crippen LogP contribution is -2.49. The monoisotopic (exact) mass is 493 g/mol. The van der Waals surface area contributed by atoms with Crippen molar-refractivity contribution in [3.05, 3.63) is 75.9 Å². The Morgan fingerprint density at radius 2 is 1.86 bits per heavy atom. The number of furan rings is 1. The fraction of sp³-hybridized carbons (Fsp3) is 0.370. The van der Waals surface area contributed by atoms with Crippen molar-refractivity contribution in [1.82, 2.24) is 10.6 Å². The van der Waals surface area contributed by atoms with Gasteiger partial charge >= 0.3 is 0 Å². The van der Waals surface area contributed by atoms with E-state index in [-0.39, 0.29) is 24.4 Å². The summed E-state index contributed by atoms with van der Waals surface area (Å²) in [4.78, 5) is 41.8. The molecule has 1 atom stereocenters. The summed E-state index contributed by atoms with van der Waals surface area (Å²) < 4.78 is 5.66. The molecule has 1 aromatic carbocycles. The first kappa shape index (κ1) is 24.7. The van der Waals surface area contributed by atoms with Crippen LogP contribution in [0.4, 0.5) is 5.69 Å². The highest BCUT2D eigenvalue weighted by Gasteiger charge is 2.36. The lowest BCUT2D eigenvalue weighted by molar-refractivity contribution is -0.127. The predicted molar refractivity (Wildman–Crippen MR) is 137 cm³/mol. The largest absolute Gasteiger partial charge is 0.467 e. The van der Waals surface area contributed by atoms with E-state index in [2.05, 4.69) is 10.6 Å². The molecule has 1 fully saturated rings. The summed E-state index contributed by atoms with van der Waals surface area (Å²) in [6, 6.07) is 11.6. The van der Waals surface area contributed by atoms with Crippen molar-refractivity contribution < 1.29 is 18.8 Å². The van der Waals surface area contributed by atoms with E-state index in [1.165, 1.54) is 28.9 Å². The molecule has 1 aliphatic rings. The summed E-state index contributed by atoms with van der Waals surface area (Å²) in [7, 11) is 0. The molecule has 1 unspecified atom stereocenters. The number of nitrogens with zero attached hydrogens (tertiary/aromatic N) is 1. The summed E-state index contributed by atoms with van der Waals surface area (Å²) in [6.07, 6.45) is 6.66. The Labute approximate surface area is 209 Å². The second kappa shape index (κ2) is 11.4. The van der Waals surface area contributed by atoms with Crippen LogP contribution in [0.1, 0.15) is 64.7 Å². The number of rotatable bonds is 8. The van der Waals surface area contributed by atoms with E-state index >= 15 is 0 Å². The first-order valence-corrected chi connectivity index (χ1v) is 12.9. The molecule has 2 N–H and O–H groups in total. The quantitative estimate of drug-likeness (QED) is 0.466. The van der Waals surface area contributed by atoms with Gasteiger partial charge in [0, 0.05) is 11.7 Å². The first-order chi connectivity index (χ1) is 16.9. The predicted octanol–water partition coefficient (Wildman–Crippen LogP) is 4.91. The molecule has 0 bridgehead atoms. The van der Waals surface area contributed by atoms with Crippen molar-refractivity contribution >= 4 is 34.7 Å². The van der Waals surface area contributed by atoms with E-state index in [1.54, 1.807) is 29.6 Å². The molecule has 4 rings (SSSR count). The number of carbonyl (C=O) groups excluding carboxylic acids is 3. The van der Waals surface area contributed by atoms with Gasteiger partial charge in [-0.1, -0.05) is 31.4 Å². The Morgan fingerprint density at radius 3 is 2.51 bits per heavy atom. The van der Waals surface area contributed by atoms with E-state index in [9.17, 15) is 14.4 Å². The molecule has 35 heavy (non-hydrogen) atoms. The third-order valence-electron chi connectivity index (χ3n) is 6.45. The lowest BCUT2D eigenvalue weighted by atomic mass is 9.95. The van der Waals surface area contributed by atoms with Crippen LogP contribution in [0.5, 0.6) is 0 Å². The molecule has 0 saturated heterocycles. The second-order valence-corrected chi connectivity index (χ2v) is 9.90. The van der Waals surface area contributed by atoms with Crippen LogP contribution in [0.3, 0.4) is 0 Å². The zero-order valence-electron chi connectivity index (χ0n) is 20.1.